The number of rotatable bonds is 5. The van der Waals surface area contributed by atoms with Crippen LogP contribution in [0.1, 0.15) is 18.2 Å². The molecule has 0 radical (unpaired) electrons. The van der Waals surface area contributed by atoms with Crippen molar-refractivity contribution in [2.45, 2.75) is 26.4 Å². The molecule has 2 rings (SSSR count). The van der Waals surface area contributed by atoms with Gasteiger partial charge in [-0.3, -0.25) is 4.90 Å². The minimum Gasteiger partial charge on any atom is -0.469 e. The normalized spacial score (nSPS) is 20.2. The van der Waals surface area contributed by atoms with Crippen LogP contribution in [0.4, 0.5) is 0 Å². The molecule has 4 nitrogen and oxygen atoms in total. The quantitative estimate of drug-likeness (QED) is 0.855. The van der Waals surface area contributed by atoms with Crippen molar-refractivity contribution >= 4 is 0 Å². The van der Waals surface area contributed by atoms with Gasteiger partial charge in [0, 0.05) is 50.9 Å². The fraction of sp³-hybridized carbons (Fsp3) is 0.714. The molecule has 4 heteroatoms. The molecular weight excluding hydrogens is 226 g/mol. The van der Waals surface area contributed by atoms with E-state index < -0.39 is 0 Å². The summed E-state index contributed by atoms with van der Waals surface area (Å²) in [4.78, 5) is 4.93. The van der Waals surface area contributed by atoms with Crippen molar-refractivity contribution in [3.05, 3.63) is 23.7 Å². The third kappa shape index (κ3) is 3.83. The van der Waals surface area contributed by atoms with E-state index in [0.717, 1.165) is 18.8 Å². The summed E-state index contributed by atoms with van der Waals surface area (Å²) in [5, 5.41) is 3.57. The van der Waals surface area contributed by atoms with Crippen LogP contribution in [0, 0.1) is 6.92 Å². The smallest absolute Gasteiger partial charge is 0.105 e. The van der Waals surface area contributed by atoms with Crippen molar-refractivity contribution < 1.29 is 4.42 Å². The van der Waals surface area contributed by atoms with E-state index in [1.165, 1.54) is 31.7 Å². The molecule has 1 fully saturated rings. The molecule has 1 aromatic heterocycles. The summed E-state index contributed by atoms with van der Waals surface area (Å²) in [6.45, 7) is 11.1. The number of hydrogen-bond donors (Lipinski definition) is 1. The molecule has 1 aliphatic rings. The summed E-state index contributed by atoms with van der Waals surface area (Å²) in [7, 11) is 2.20. The lowest BCUT2D eigenvalue weighted by atomic mass is 10.2. The Labute approximate surface area is 110 Å². The molecule has 1 N–H and O–H groups in total. The molecule has 1 saturated heterocycles. The molecule has 0 spiro atoms. The summed E-state index contributed by atoms with van der Waals surface area (Å²) < 4.78 is 5.30. The molecule has 18 heavy (non-hydrogen) atoms. The molecule has 2 heterocycles. The Morgan fingerprint density at radius 3 is 2.67 bits per heavy atom. The average molecular weight is 251 g/mol. The second-order valence-corrected chi connectivity index (χ2v) is 5.39. The van der Waals surface area contributed by atoms with Crippen molar-refractivity contribution in [3.8, 4) is 0 Å². The van der Waals surface area contributed by atoms with Gasteiger partial charge in [-0.05, 0) is 27.0 Å². The molecule has 1 aliphatic heterocycles. The van der Waals surface area contributed by atoms with Crippen LogP contribution in [0.25, 0.3) is 0 Å². The van der Waals surface area contributed by atoms with E-state index in [1.54, 1.807) is 6.26 Å². The van der Waals surface area contributed by atoms with Crippen LogP contribution in [0.5, 0.6) is 0 Å². The van der Waals surface area contributed by atoms with Crippen LogP contribution < -0.4 is 5.32 Å². The fourth-order valence-electron chi connectivity index (χ4n) is 2.36. The van der Waals surface area contributed by atoms with Crippen LogP contribution in [-0.4, -0.2) is 55.6 Å². The SMILES string of the molecule is Cc1occc1CNC(C)CN1CCN(C)CC1. The van der Waals surface area contributed by atoms with Gasteiger partial charge in [0.2, 0.25) is 0 Å². The zero-order valence-corrected chi connectivity index (χ0v) is 11.8. The second-order valence-electron chi connectivity index (χ2n) is 5.39. The zero-order chi connectivity index (χ0) is 13.0. The lowest BCUT2D eigenvalue weighted by Gasteiger charge is -2.34. The first-order valence-corrected chi connectivity index (χ1v) is 6.82. The van der Waals surface area contributed by atoms with E-state index in [-0.39, 0.29) is 0 Å². The number of nitrogens with one attached hydrogen (secondary N) is 1. The maximum atomic E-state index is 5.30. The summed E-state index contributed by atoms with van der Waals surface area (Å²) >= 11 is 0. The molecule has 0 aromatic carbocycles. The Balaban J connectivity index is 1.69. The van der Waals surface area contributed by atoms with Crippen molar-refractivity contribution in [2.24, 2.45) is 0 Å². The molecule has 102 valence electrons. The topological polar surface area (TPSA) is 31.7 Å². The lowest BCUT2D eigenvalue weighted by molar-refractivity contribution is 0.144. The number of piperazine rings is 1. The monoisotopic (exact) mass is 251 g/mol. The Bertz CT molecular complexity index is 356. The third-order valence-electron chi connectivity index (χ3n) is 3.74. The first-order valence-electron chi connectivity index (χ1n) is 6.82. The number of nitrogens with zero attached hydrogens (tertiary/aromatic N) is 2. The predicted molar refractivity (Wildman–Crippen MR) is 73.7 cm³/mol. The lowest BCUT2D eigenvalue weighted by Crippen LogP contribution is -2.48. The van der Waals surface area contributed by atoms with Gasteiger partial charge < -0.3 is 14.6 Å². The van der Waals surface area contributed by atoms with Crippen LogP contribution in [-0.2, 0) is 6.54 Å². The molecule has 0 amide bonds. The first-order chi connectivity index (χ1) is 8.65. The van der Waals surface area contributed by atoms with Crippen LogP contribution in [0.15, 0.2) is 16.7 Å². The van der Waals surface area contributed by atoms with Gasteiger partial charge in [-0.15, -0.1) is 0 Å². The van der Waals surface area contributed by atoms with E-state index in [1.807, 2.05) is 13.0 Å². The Morgan fingerprint density at radius 1 is 1.33 bits per heavy atom. The maximum Gasteiger partial charge on any atom is 0.105 e. The van der Waals surface area contributed by atoms with Gasteiger partial charge in [-0.25, -0.2) is 0 Å². The summed E-state index contributed by atoms with van der Waals surface area (Å²) in [5.74, 6) is 1.02. The average Bonchev–Trinajstić information content (AvgIpc) is 2.75. The highest BCUT2D eigenvalue weighted by molar-refractivity contribution is 5.14. The number of hydrogen-bond acceptors (Lipinski definition) is 4. The van der Waals surface area contributed by atoms with Gasteiger partial charge in [0.05, 0.1) is 6.26 Å². The van der Waals surface area contributed by atoms with E-state index in [2.05, 4.69) is 29.1 Å². The van der Waals surface area contributed by atoms with Crippen molar-refractivity contribution in [1.29, 1.82) is 0 Å². The molecule has 0 aliphatic carbocycles. The predicted octanol–water partition coefficient (Wildman–Crippen LogP) is 1.31. The first kappa shape index (κ1) is 13.6. The molecule has 0 bridgehead atoms. The highest BCUT2D eigenvalue weighted by Crippen LogP contribution is 2.08. The van der Waals surface area contributed by atoms with Gasteiger partial charge >= 0.3 is 0 Å². The highest BCUT2D eigenvalue weighted by Gasteiger charge is 2.15. The van der Waals surface area contributed by atoms with Crippen LogP contribution in [0.2, 0.25) is 0 Å². The van der Waals surface area contributed by atoms with Gasteiger partial charge in [-0.1, -0.05) is 0 Å². The number of furan rings is 1. The van der Waals surface area contributed by atoms with Gasteiger partial charge in [0.25, 0.3) is 0 Å². The van der Waals surface area contributed by atoms with Gasteiger partial charge in [0.1, 0.15) is 5.76 Å². The Morgan fingerprint density at radius 2 is 2.06 bits per heavy atom. The van der Waals surface area contributed by atoms with Crippen molar-refractivity contribution in [2.75, 3.05) is 39.8 Å². The molecule has 1 unspecified atom stereocenters. The molecule has 0 saturated carbocycles. The summed E-state index contributed by atoms with van der Waals surface area (Å²) in [6.07, 6.45) is 1.76. The third-order valence-corrected chi connectivity index (χ3v) is 3.74. The van der Waals surface area contributed by atoms with E-state index in [9.17, 15) is 0 Å². The van der Waals surface area contributed by atoms with Crippen LogP contribution >= 0.6 is 0 Å². The molecule has 1 atom stereocenters. The standard InChI is InChI=1S/C14H25N3O/c1-12(11-17-7-5-16(3)6-8-17)15-10-14-4-9-18-13(14)2/h4,9,12,15H,5-8,10-11H2,1-3H3. The maximum absolute atomic E-state index is 5.30. The second kappa shape index (κ2) is 6.36. The van der Waals surface area contributed by atoms with Crippen LogP contribution in [0.3, 0.4) is 0 Å². The van der Waals surface area contributed by atoms with Crippen molar-refractivity contribution in [3.63, 3.8) is 0 Å². The van der Waals surface area contributed by atoms with Gasteiger partial charge in [-0.2, -0.15) is 0 Å². The summed E-state index contributed by atoms with van der Waals surface area (Å²) in [5.41, 5.74) is 1.26. The van der Waals surface area contributed by atoms with E-state index >= 15 is 0 Å². The molecular formula is C14H25N3O. The highest BCUT2D eigenvalue weighted by atomic mass is 16.3. The van der Waals surface area contributed by atoms with Gasteiger partial charge in [0.15, 0.2) is 0 Å². The Kier molecular flexibility index (Phi) is 4.80. The number of aryl methyl sites for hydroxylation is 1. The minimum atomic E-state index is 0.516. The fourth-order valence-corrected chi connectivity index (χ4v) is 2.36. The van der Waals surface area contributed by atoms with E-state index in [4.69, 9.17) is 4.42 Å². The van der Waals surface area contributed by atoms with E-state index in [0.29, 0.717) is 6.04 Å². The number of likely N-dealkylation sites (N-methyl/N-ethyl adjacent to an activating group) is 1. The molecule has 1 aromatic rings. The van der Waals surface area contributed by atoms with Crippen molar-refractivity contribution in [1.82, 2.24) is 15.1 Å². The Hall–Kier alpha value is -0.840. The minimum absolute atomic E-state index is 0.516. The largest absolute Gasteiger partial charge is 0.469 e. The zero-order valence-electron chi connectivity index (χ0n) is 11.8. The summed E-state index contributed by atoms with van der Waals surface area (Å²) in [6, 6.07) is 2.56.